The molecule has 0 amide bonds. The number of para-hydroxylation sites is 1. The maximum atomic E-state index is 12.6. The second-order valence-corrected chi connectivity index (χ2v) is 4.88. The highest BCUT2D eigenvalue weighted by molar-refractivity contribution is 6.09. The Hall–Kier alpha value is -2.69. The van der Waals surface area contributed by atoms with Gasteiger partial charge in [0.2, 0.25) is 5.78 Å². The number of ketones is 1. The average Bonchev–Trinajstić information content (AvgIpc) is 2.95. The molecule has 0 radical (unpaired) electrons. The maximum absolute atomic E-state index is 12.6. The fourth-order valence-electron chi connectivity index (χ4n) is 2.37. The molecule has 0 aliphatic carbocycles. The molecule has 1 aromatic carbocycles. The molecule has 0 aliphatic rings. The Morgan fingerprint density at radius 2 is 2.10 bits per heavy atom. The van der Waals surface area contributed by atoms with Crippen LogP contribution in [0.5, 0.6) is 0 Å². The monoisotopic (exact) mass is 280 g/mol. The van der Waals surface area contributed by atoms with Crippen molar-refractivity contribution in [1.29, 1.82) is 0 Å². The van der Waals surface area contributed by atoms with Gasteiger partial charge in [-0.1, -0.05) is 25.1 Å². The van der Waals surface area contributed by atoms with Crippen molar-refractivity contribution in [2.75, 3.05) is 5.73 Å². The highest BCUT2D eigenvalue weighted by atomic mass is 16.1. The highest BCUT2D eigenvalue weighted by Gasteiger charge is 2.17. The second kappa shape index (κ2) is 5.36. The Morgan fingerprint density at radius 3 is 2.90 bits per heavy atom. The Bertz CT molecular complexity index is 807. The summed E-state index contributed by atoms with van der Waals surface area (Å²) in [6, 6.07) is 10.9. The number of rotatable bonds is 4. The third kappa shape index (κ3) is 2.38. The number of nitrogen functional groups attached to an aromatic ring is 1. The average molecular weight is 280 g/mol. The third-order valence-corrected chi connectivity index (χ3v) is 3.37. The zero-order valence-electron chi connectivity index (χ0n) is 11.8. The zero-order chi connectivity index (χ0) is 14.8. The van der Waals surface area contributed by atoms with Gasteiger partial charge in [0.15, 0.2) is 0 Å². The van der Waals surface area contributed by atoms with Crippen LogP contribution in [-0.4, -0.2) is 20.5 Å². The van der Waals surface area contributed by atoms with Gasteiger partial charge in [0.1, 0.15) is 11.4 Å². The lowest BCUT2D eigenvalue weighted by molar-refractivity contribution is 0.102. The van der Waals surface area contributed by atoms with Crippen molar-refractivity contribution in [3.63, 3.8) is 0 Å². The summed E-state index contributed by atoms with van der Waals surface area (Å²) in [6.07, 6.45) is 2.54. The largest absolute Gasteiger partial charge is 0.398 e. The Labute approximate surface area is 122 Å². The molecule has 0 saturated carbocycles. The quantitative estimate of drug-likeness (QED) is 0.746. The molecule has 3 rings (SSSR count). The molecule has 106 valence electrons. The fraction of sp³-hybridized carbons (Fsp3) is 0.188. The lowest BCUT2D eigenvalue weighted by atomic mass is 10.1. The number of benzene rings is 1. The zero-order valence-corrected chi connectivity index (χ0v) is 11.8. The summed E-state index contributed by atoms with van der Waals surface area (Å²) in [5.41, 5.74) is 8.21. The molecular formula is C16H16N4O. The van der Waals surface area contributed by atoms with Gasteiger partial charge < -0.3 is 5.73 Å². The minimum atomic E-state index is -0.154. The molecular weight excluding hydrogens is 264 g/mol. The highest BCUT2D eigenvalue weighted by Crippen LogP contribution is 2.21. The Balaban J connectivity index is 2.07. The van der Waals surface area contributed by atoms with E-state index >= 15 is 0 Å². The van der Waals surface area contributed by atoms with Crippen molar-refractivity contribution in [3.05, 3.63) is 54.0 Å². The number of aryl methyl sites for hydroxylation is 1. The van der Waals surface area contributed by atoms with Crippen LogP contribution in [0.2, 0.25) is 0 Å². The minimum absolute atomic E-state index is 0.154. The number of anilines is 1. The molecule has 0 unspecified atom stereocenters. The first-order chi connectivity index (χ1) is 10.2. The van der Waals surface area contributed by atoms with E-state index < -0.39 is 0 Å². The van der Waals surface area contributed by atoms with Crippen molar-refractivity contribution in [2.24, 2.45) is 0 Å². The summed E-state index contributed by atoms with van der Waals surface area (Å²) in [7, 11) is 0. The first-order valence-electron chi connectivity index (χ1n) is 6.92. The van der Waals surface area contributed by atoms with E-state index in [1.54, 1.807) is 23.0 Å². The summed E-state index contributed by atoms with van der Waals surface area (Å²) in [5.74, 6) is -0.154. The van der Waals surface area contributed by atoms with Gasteiger partial charge in [-0.15, -0.1) is 0 Å². The van der Waals surface area contributed by atoms with E-state index in [0.29, 0.717) is 23.6 Å². The van der Waals surface area contributed by atoms with E-state index in [1.807, 2.05) is 31.2 Å². The number of hydrogen-bond acceptors (Lipinski definition) is 4. The Kier molecular flexibility index (Phi) is 3.39. The van der Waals surface area contributed by atoms with Gasteiger partial charge in [-0.25, -0.2) is 4.98 Å². The van der Waals surface area contributed by atoms with Crippen LogP contribution in [0, 0.1) is 0 Å². The summed E-state index contributed by atoms with van der Waals surface area (Å²) in [5, 5.41) is 5.03. The predicted molar refractivity (Wildman–Crippen MR) is 82.1 cm³/mol. The molecule has 2 N–H and O–H groups in total. The van der Waals surface area contributed by atoms with Crippen molar-refractivity contribution in [3.8, 4) is 0 Å². The molecule has 0 atom stereocenters. The van der Waals surface area contributed by atoms with E-state index in [0.717, 1.165) is 17.3 Å². The molecule has 2 heterocycles. The normalized spacial score (nSPS) is 10.9. The molecule has 0 fully saturated rings. The van der Waals surface area contributed by atoms with E-state index in [4.69, 9.17) is 5.73 Å². The summed E-state index contributed by atoms with van der Waals surface area (Å²) in [4.78, 5) is 17.0. The van der Waals surface area contributed by atoms with Crippen LogP contribution >= 0.6 is 0 Å². The summed E-state index contributed by atoms with van der Waals surface area (Å²) in [6.45, 7) is 2.75. The first kappa shape index (κ1) is 13.3. The number of fused-ring (bicyclic) bond motifs is 1. The minimum Gasteiger partial charge on any atom is -0.398 e. The van der Waals surface area contributed by atoms with Gasteiger partial charge in [0, 0.05) is 23.8 Å². The maximum Gasteiger partial charge on any atom is 0.229 e. The molecule has 2 aromatic heterocycles. The van der Waals surface area contributed by atoms with Gasteiger partial charge in [-0.05, 0) is 24.6 Å². The van der Waals surface area contributed by atoms with Gasteiger partial charge in [-0.3, -0.25) is 9.48 Å². The summed E-state index contributed by atoms with van der Waals surface area (Å²) < 4.78 is 1.70. The molecule has 0 aliphatic heterocycles. The second-order valence-electron chi connectivity index (χ2n) is 4.88. The molecule has 5 nitrogen and oxygen atoms in total. The SMILES string of the molecule is CCCn1nccc1C(=O)c1cc(N)c2ccccc2n1. The van der Waals surface area contributed by atoms with Gasteiger partial charge in [-0.2, -0.15) is 5.10 Å². The standard InChI is InChI=1S/C16H16N4O/c1-2-9-20-15(7-8-18-20)16(21)14-10-12(17)11-5-3-4-6-13(11)19-14/h3-8,10H,2,9H2,1H3,(H2,17,19). The number of nitrogens with two attached hydrogens (primary N) is 1. The van der Waals surface area contributed by atoms with Crippen LogP contribution < -0.4 is 5.73 Å². The van der Waals surface area contributed by atoms with E-state index in [2.05, 4.69) is 10.1 Å². The molecule has 3 aromatic rings. The van der Waals surface area contributed by atoms with Crippen molar-refractivity contribution < 1.29 is 4.79 Å². The van der Waals surface area contributed by atoms with Crippen LogP contribution in [0.1, 0.15) is 29.5 Å². The molecule has 0 bridgehead atoms. The van der Waals surface area contributed by atoms with Gasteiger partial charge >= 0.3 is 0 Å². The lowest BCUT2D eigenvalue weighted by Crippen LogP contribution is -2.13. The molecule has 5 heteroatoms. The number of carbonyl (C=O) groups is 1. The van der Waals surface area contributed by atoms with Crippen LogP contribution in [0.3, 0.4) is 0 Å². The first-order valence-corrected chi connectivity index (χ1v) is 6.92. The molecule has 0 spiro atoms. The van der Waals surface area contributed by atoms with E-state index in [9.17, 15) is 4.79 Å². The fourth-order valence-corrected chi connectivity index (χ4v) is 2.37. The van der Waals surface area contributed by atoms with Crippen molar-refractivity contribution in [2.45, 2.75) is 19.9 Å². The summed E-state index contributed by atoms with van der Waals surface area (Å²) >= 11 is 0. The number of nitrogens with zero attached hydrogens (tertiary/aromatic N) is 3. The van der Waals surface area contributed by atoms with Crippen molar-refractivity contribution >= 4 is 22.4 Å². The number of aromatic nitrogens is 3. The van der Waals surface area contributed by atoms with Gasteiger partial charge in [0.05, 0.1) is 5.52 Å². The van der Waals surface area contributed by atoms with Crippen LogP contribution in [-0.2, 0) is 6.54 Å². The number of carbonyl (C=O) groups excluding carboxylic acids is 1. The predicted octanol–water partition coefficient (Wildman–Crippen LogP) is 2.65. The van der Waals surface area contributed by atoms with Crippen molar-refractivity contribution in [1.82, 2.24) is 14.8 Å². The van der Waals surface area contributed by atoms with E-state index in [-0.39, 0.29) is 5.78 Å². The van der Waals surface area contributed by atoms with Gasteiger partial charge in [0.25, 0.3) is 0 Å². The third-order valence-electron chi connectivity index (χ3n) is 3.37. The Morgan fingerprint density at radius 1 is 1.29 bits per heavy atom. The smallest absolute Gasteiger partial charge is 0.229 e. The van der Waals surface area contributed by atoms with Crippen LogP contribution in [0.4, 0.5) is 5.69 Å². The van der Waals surface area contributed by atoms with Crippen LogP contribution in [0.15, 0.2) is 42.6 Å². The molecule has 21 heavy (non-hydrogen) atoms. The van der Waals surface area contributed by atoms with E-state index in [1.165, 1.54) is 0 Å². The van der Waals surface area contributed by atoms with Crippen LogP contribution in [0.25, 0.3) is 10.9 Å². The molecule has 0 saturated heterocycles. The topological polar surface area (TPSA) is 73.8 Å². The lowest BCUT2D eigenvalue weighted by Gasteiger charge is -2.07. The number of hydrogen-bond donors (Lipinski definition) is 1. The number of pyridine rings is 1.